The molecule has 0 amide bonds. The Labute approximate surface area is 290 Å². The summed E-state index contributed by atoms with van der Waals surface area (Å²) in [5, 5.41) is 9.72. The summed E-state index contributed by atoms with van der Waals surface area (Å²) in [5.41, 5.74) is 0. The number of carbonyl (C=O) groups is 2. The lowest BCUT2D eigenvalue weighted by Crippen LogP contribution is -2.29. The fraction of sp³-hybridized carbons (Fsp3) is 0.684. The molecule has 0 spiro atoms. The van der Waals surface area contributed by atoms with Gasteiger partial charge in [0.05, 0.1) is 12.7 Å². The summed E-state index contributed by atoms with van der Waals surface area (Å²) < 4.78 is 26.2. The monoisotopic (exact) mass is 696 g/mol. The van der Waals surface area contributed by atoms with E-state index in [-0.39, 0.29) is 19.4 Å². The Kier molecular flexibility index (Phi) is 30.4. The minimum Gasteiger partial charge on any atom is -0.462 e. The molecule has 0 rings (SSSR count). The average molecular weight is 697 g/mol. The molecule has 276 valence electrons. The third kappa shape index (κ3) is 35.0. The molecule has 0 saturated carbocycles. The van der Waals surface area contributed by atoms with E-state index in [2.05, 4.69) is 30.5 Å². The number of esters is 2. The normalized spacial score (nSPS) is 14.0. The summed E-state index contributed by atoms with van der Waals surface area (Å²) in [4.78, 5) is 42.6. The van der Waals surface area contributed by atoms with Crippen LogP contribution in [0.4, 0.5) is 0 Å². The van der Waals surface area contributed by atoms with Gasteiger partial charge in [-0.2, -0.15) is 0 Å². The van der Waals surface area contributed by atoms with Crippen LogP contribution in [0.2, 0.25) is 0 Å². The maximum Gasteiger partial charge on any atom is 0.469 e. The third-order valence-corrected chi connectivity index (χ3v) is 7.79. The highest BCUT2D eigenvalue weighted by Gasteiger charge is 2.22. The largest absolute Gasteiger partial charge is 0.469 e. The SMILES string of the molecule is CC/C=C\C(O)C/C=C/C=C\C/C=C\C/C=C\CCCC(=O)O[C@H](COC(=O)CCCCCCCCCCCC(C)C)COP(=O)(O)O. The highest BCUT2D eigenvalue weighted by atomic mass is 31.2. The number of unbranched alkanes of at least 4 members (excludes halogenated alkanes) is 9. The summed E-state index contributed by atoms with van der Waals surface area (Å²) in [6.07, 6.45) is 34.4. The molecule has 0 aliphatic rings. The van der Waals surface area contributed by atoms with Crippen molar-refractivity contribution in [2.75, 3.05) is 13.2 Å². The molecule has 0 aromatic carbocycles. The second-order valence-electron chi connectivity index (χ2n) is 12.5. The first-order valence-electron chi connectivity index (χ1n) is 18.0. The van der Waals surface area contributed by atoms with Gasteiger partial charge in [-0.1, -0.05) is 139 Å². The van der Waals surface area contributed by atoms with Crippen molar-refractivity contribution in [2.24, 2.45) is 5.92 Å². The van der Waals surface area contributed by atoms with Crippen LogP contribution in [0.5, 0.6) is 0 Å². The summed E-state index contributed by atoms with van der Waals surface area (Å²) >= 11 is 0. The van der Waals surface area contributed by atoms with E-state index >= 15 is 0 Å². The van der Waals surface area contributed by atoms with Crippen molar-refractivity contribution in [2.45, 2.75) is 149 Å². The third-order valence-electron chi connectivity index (χ3n) is 7.30. The van der Waals surface area contributed by atoms with Gasteiger partial charge in [0, 0.05) is 12.8 Å². The first-order valence-corrected chi connectivity index (χ1v) is 19.6. The van der Waals surface area contributed by atoms with Crippen LogP contribution >= 0.6 is 7.82 Å². The lowest BCUT2D eigenvalue weighted by atomic mass is 10.0. The highest BCUT2D eigenvalue weighted by Crippen LogP contribution is 2.35. The summed E-state index contributed by atoms with van der Waals surface area (Å²) in [7, 11) is -4.78. The number of carbonyl (C=O) groups excluding carboxylic acids is 2. The van der Waals surface area contributed by atoms with Crippen molar-refractivity contribution in [3.8, 4) is 0 Å². The van der Waals surface area contributed by atoms with E-state index in [1.54, 1.807) is 0 Å². The highest BCUT2D eigenvalue weighted by molar-refractivity contribution is 7.46. The zero-order valence-corrected chi connectivity index (χ0v) is 30.8. The molecule has 0 aliphatic heterocycles. The quantitative estimate of drug-likeness (QED) is 0.0213. The number of hydrogen-bond donors (Lipinski definition) is 3. The van der Waals surface area contributed by atoms with Gasteiger partial charge in [0.1, 0.15) is 6.61 Å². The van der Waals surface area contributed by atoms with Crippen molar-refractivity contribution < 1.29 is 43.0 Å². The van der Waals surface area contributed by atoms with Gasteiger partial charge in [-0.05, 0) is 50.9 Å². The molecule has 0 radical (unpaired) electrons. The smallest absolute Gasteiger partial charge is 0.462 e. The Morgan fingerprint density at radius 2 is 1.29 bits per heavy atom. The van der Waals surface area contributed by atoms with Crippen LogP contribution in [0.15, 0.2) is 60.8 Å². The number of phosphoric ester groups is 1. The Bertz CT molecular complexity index is 994. The van der Waals surface area contributed by atoms with Crippen molar-refractivity contribution >= 4 is 19.8 Å². The predicted molar refractivity (Wildman–Crippen MR) is 194 cm³/mol. The van der Waals surface area contributed by atoms with Crippen LogP contribution in [0, 0.1) is 5.92 Å². The Morgan fingerprint density at radius 3 is 1.94 bits per heavy atom. The van der Waals surface area contributed by atoms with E-state index in [1.165, 1.54) is 38.5 Å². The predicted octanol–water partition coefficient (Wildman–Crippen LogP) is 9.39. The van der Waals surface area contributed by atoms with Crippen molar-refractivity contribution in [3.63, 3.8) is 0 Å². The van der Waals surface area contributed by atoms with Crippen LogP contribution < -0.4 is 0 Å². The van der Waals surface area contributed by atoms with Gasteiger partial charge in [0.15, 0.2) is 6.10 Å². The van der Waals surface area contributed by atoms with E-state index in [4.69, 9.17) is 19.3 Å². The lowest BCUT2D eigenvalue weighted by molar-refractivity contribution is -0.161. The maximum atomic E-state index is 12.3. The molecular weight excluding hydrogens is 631 g/mol. The second kappa shape index (κ2) is 31.9. The van der Waals surface area contributed by atoms with Crippen LogP contribution in [-0.2, 0) is 28.2 Å². The van der Waals surface area contributed by atoms with Gasteiger partial charge in [-0.3, -0.25) is 14.1 Å². The van der Waals surface area contributed by atoms with Gasteiger partial charge in [0.25, 0.3) is 0 Å². The number of rotatable bonds is 31. The molecule has 0 aromatic rings. The Balaban J connectivity index is 4.16. The number of aliphatic hydroxyl groups is 1. The molecule has 2 atom stereocenters. The molecule has 48 heavy (non-hydrogen) atoms. The van der Waals surface area contributed by atoms with Crippen molar-refractivity contribution in [3.05, 3.63) is 60.8 Å². The van der Waals surface area contributed by atoms with Gasteiger partial charge in [-0.25, -0.2) is 4.57 Å². The number of phosphoric acid groups is 1. The minimum atomic E-state index is -4.78. The van der Waals surface area contributed by atoms with Crippen LogP contribution in [0.3, 0.4) is 0 Å². The molecule has 0 heterocycles. The molecule has 0 saturated heterocycles. The molecule has 0 bridgehead atoms. The van der Waals surface area contributed by atoms with Crippen molar-refractivity contribution in [1.82, 2.24) is 0 Å². The topological polar surface area (TPSA) is 140 Å². The molecule has 0 aliphatic carbocycles. The van der Waals surface area contributed by atoms with E-state index in [0.29, 0.717) is 25.7 Å². The van der Waals surface area contributed by atoms with Crippen LogP contribution in [-0.4, -0.2) is 52.3 Å². The Hall–Kier alpha value is -2.29. The Morgan fingerprint density at radius 1 is 0.708 bits per heavy atom. The molecule has 10 heteroatoms. The average Bonchev–Trinajstić information content (AvgIpc) is 3.03. The number of hydrogen-bond acceptors (Lipinski definition) is 7. The van der Waals surface area contributed by atoms with Crippen LogP contribution in [0.1, 0.15) is 136 Å². The van der Waals surface area contributed by atoms with Crippen molar-refractivity contribution in [1.29, 1.82) is 0 Å². The van der Waals surface area contributed by atoms with E-state index < -0.39 is 38.6 Å². The van der Waals surface area contributed by atoms with Gasteiger partial charge < -0.3 is 24.4 Å². The first kappa shape index (κ1) is 45.7. The maximum absolute atomic E-state index is 12.3. The van der Waals surface area contributed by atoms with E-state index in [1.807, 2.05) is 55.5 Å². The lowest BCUT2D eigenvalue weighted by Gasteiger charge is -2.18. The van der Waals surface area contributed by atoms with Gasteiger partial charge in [0.2, 0.25) is 0 Å². The van der Waals surface area contributed by atoms with E-state index in [9.17, 15) is 19.3 Å². The van der Waals surface area contributed by atoms with Gasteiger partial charge >= 0.3 is 19.8 Å². The molecule has 3 N–H and O–H groups in total. The molecular formula is C38H65O9P. The summed E-state index contributed by atoms with van der Waals surface area (Å²) in [5.74, 6) is -0.204. The minimum absolute atomic E-state index is 0.114. The molecule has 0 fully saturated rings. The molecule has 9 nitrogen and oxygen atoms in total. The second-order valence-corrected chi connectivity index (χ2v) is 13.7. The summed E-state index contributed by atoms with van der Waals surface area (Å²) in [6, 6.07) is 0. The fourth-order valence-electron chi connectivity index (χ4n) is 4.61. The zero-order valence-electron chi connectivity index (χ0n) is 29.9. The number of aliphatic hydroxyl groups excluding tert-OH is 1. The van der Waals surface area contributed by atoms with Gasteiger partial charge in [-0.15, -0.1) is 0 Å². The molecule has 1 unspecified atom stereocenters. The number of allylic oxidation sites excluding steroid dienone is 8. The summed E-state index contributed by atoms with van der Waals surface area (Å²) in [6.45, 7) is 5.66. The molecule has 0 aromatic heterocycles. The number of ether oxygens (including phenoxy) is 2. The first-order chi connectivity index (χ1) is 23.0. The fourth-order valence-corrected chi connectivity index (χ4v) is 4.97. The standard InChI is InChI=1S/C38H65O9P/c1-4-5-28-35(39)29-24-20-16-12-8-6-7-9-13-18-22-26-31-38(41)47-36(33-46-48(42,43)44)32-45-37(40)30-25-21-17-14-10-11-15-19-23-27-34(2)3/h5-7,12-13,16,18,20,24,28,34-36,39H,4,8-11,14-15,17,19,21-23,25-27,29-33H2,1-3H3,(H2,42,43,44)/b7-6-,16-12-,18-13-,24-20+,28-5-/t35?,36-/m1/s1. The zero-order chi connectivity index (χ0) is 35.7. The van der Waals surface area contributed by atoms with Crippen LogP contribution in [0.25, 0.3) is 0 Å². The van der Waals surface area contributed by atoms with E-state index in [0.717, 1.165) is 44.4 Å².